The second kappa shape index (κ2) is 5.94. The number of hydrogen-bond acceptors (Lipinski definition) is 7. The minimum Gasteiger partial charge on any atom is -0.326 e. The Kier molecular flexibility index (Phi) is 3.42. The van der Waals surface area contributed by atoms with Crippen molar-refractivity contribution in [3.05, 3.63) is 54.5 Å². The summed E-state index contributed by atoms with van der Waals surface area (Å²) < 4.78 is 3.52. The lowest BCUT2D eigenvalue weighted by Gasteiger charge is -2.31. The van der Waals surface area contributed by atoms with Crippen molar-refractivity contribution in [3.63, 3.8) is 0 Å². The van der Waals surface area contributed by atoms with Crippen LogP contribution in [-0.4, -0.2) is 56.7 Å². The van der Waals surface area contributed by atoms with Gasteiger partial charge in [-0.3, -0.25) is 9.78 Å². The Labute approximate surface area is 153 Å². The molecular weight excluding hydrogens is 346 g/mol. The molecule has 4 aromatic rings. The highest BCUT2D eigenvalue weighted by atomic mass is 16.2. The zero-order valence-corrected chi connectivity index (χ0v) is 14.5. The van der Waals surface area contributed by atoms with Crippen molar-refractivity contribution in [2.75, 3.05) is 6.54 Å². The summed E-state index contributed by atoms with van der Waals surface area (Å²) in [6.07, 6.45) is 5.05. The van der Waals surface area contributed by atoms with Gasteiger partial charge in [-0.25, -0.2) is 9.50 Å². The standard InChI is InChI=1S/C17H15N9O/c1-11-9-24(16(27)14-20-17-19-7-4-8-25(17)23-14)10-13-21-22-15(26(11)13)12-5-2-3-6-18-12/h2-8,11H,9-10H2,1H3/t11-/m0/s1. The number of amides is 1. The van der Waals surface area contributed by atoms with Crippen molar-refractivity contribution in [1.82, 2.24) is 44.2 Å². The zero-order valence-electron chi connectivity index (χ0n) is 14.5. The van der Waals surface area contributed by atoms with Crippen molar-refractivity contribution in [2.24, 2.45) is 0 Å². The van der Waals surface area contributed by atoms with Crippen LogP contribution in [0.5, 0.6) is 0 Å². The third kappa shape index (κ3) is 2.53. The van der Waals surface area contributed by atoms with Crippen LogP contribution in [0.25, 0.3) is 17.3 Å². The minimum absolute atomic E-state index is 0.000127. The molecule has 5 rings (SSSR count). The van der Waals surface area contributed by atoms with Crippen LogP contribution >= 0.6 is 0 Å². The molecule has 134 valence electrons. The highest BCUT2D eigenvalue weighted by Gasteiger charge is 2.32. The Morgan fingerprint density at radius 3 is 2.85 bits per heavy atom. The molecule has 10 heteroatoms. The molecule has 0 unspecified atom stereocenters. The first kappa shape index (κ1) is 15.6. The first-order valence-electron chi connectivity index (χ1n) is 8.52. The quantitative estimate of drug-likeness (QED) is 0.524. The van der Waals surface area contributed by atoms with Gasteiger partial charge in [-0.1, -0.05) is 6.07 Å². The van der Waals surface area contributed by atoms with Crippen molar-refractivity contribution >= 4 is 11.7 Å². The van der Waals surface area contributed by atoms with Gasteiger partial charge >= 0.3 is 0 Å². The summed E-state index contributed by atoms with van der Waals surface area (Å²) in [6.45, 7) is 2.87. The number of carbonyl (C=O) groups excluding carboxylic acids is 1. The van der Waals surface area contributed by atoms with Crippen LogP contribution in [0.2, 0.25) is 0 Å². The molecule has 0 radical (unpaired) electrons. The summed E-state index contributed by atoms with van der Waals surface area (Å²) in [7, 11) is 0. The predicted molar refractivity (Wildman–Crippen MR) is 93.5 cm³/mol. The highest BCUT2D eigenvalue weighted by Crippen LogP contribution is 2.26. The van der Waals surface area contributed by atoms with Crippen LogP contribution in [0.1, 0.15) is 29.4 Å². The maximum Gasteiger partial charge on any atom is 0.294 e. The van der Waals surface area contributed by atoms with E-state index in [0.29, 0.717) is 30.5 Å². The second-order valence-electron chi connectivity index (χ2n) is 6.36. The van der Waals surface area contributed by atoms with E-state index in [0.717, 1.165) is 5.69 Å². The van der Waals surface area contributed by atoms with Crippen LogP contribution in [-0.2, 0) is 6.54 Å². The average Bonchev–Trinajstić information content (AvgIpc) is 3.32. The molecule has 0 aromatic carbocycles. The Morgan fingerprint density at radius 1 is 1.15 bits per heavy atom. The first-order chi connectivity index (χ1) is 13.2. The van der Waals surface area contributed by atoms with E-state index < -0.39 is 0 Å². The van der Waals surface area contributed by atoms with Gasteiger partial charge in [0.05, 0.1) is 12.6 Å². The molecule has 0 spiro atoms. The molecule has 27 heavy (non-hydrogen) atoms. The Morgan fingerprint density at radius 2 is 2.04 bits per heavy atom. The third-order valence-corrected chi connectivity index (χ3v) is 4.51. The average molecular weight is 361 g/mol. The van der Waals surface area contributed by atoms with Gasteiger partial charge in [0, 0.05) is 25.1 Å². The van der Waals surface area contributed by atoms with Crippen LogP contribution < -0.4 is 0 Å². The summed E-state index contributed by atoms with van der Waals surface area (Å²) in [5.41, 5.74) is 0.760. The molecule has 0 N–H and O–H groups in total. The van der Waals surface area contributed by atoms with Gasteiger partial charge in [0.1, 0.15) is 5.69 Å². The molecule has 0 bridgehead atoms. The Hall–Kier alpha value is -3.69. The molecule has 5 heterocycles. The van der Waals surface area contributed by atoms with E-state index in [2.05, 4.69) is 30.2 Å². The molecule has 0 saturated heterocycles. The highest BCUT2D eigenvalue weighted by molar-refractivity contribution is 5.91. The molecule has 0 saturated carbocycles. The maximum absolute atomic E-state index is 12.9. The van der Waals surface area contributed by atoms with E-state index in [4.69, 9.17) is 0 Å². The maximum atomic E-state index is 12.9. The van der Waals surface area contributed by atoms with E-state index in [9.17, 15) is 4.79 Å². The van der Waals surface area contributed by atoms with Gasteiger partial charge in [-0.2, -0.15) is 4.98 Å². The Balaban J connectivity index is 1.46. The number of aromatic nitrogens is 8. The zero-order chi connectivity index (χ0) is 18.4. The number of nitrogens with zero attached hydrogens (tertiary/aromatic N) is 9. The fraction of sp³-hybridized carbons (Fsp3) is 0.235. The third-order valence-electron chi connectivity index (χ3n) is 4.51. The van der Waals surface area contributed by atoms with Gasteiger partial charge in [-0.05, 0) is 25.1 Å². The lowest BCUT2D eigenvalue weighted by molar-refractivity contribution is 0.0670. The molecular formula is C17H15N9O. The lowest BCUT2D eigenvalue weighted by atomic mass is 10.2. The molecule has 1 atom stereocenters. The normalized spacial score (nSPS) is 16.5. The van der Waals surface area contributed by atoms with Crippen LogP contribution in [0.3, 0.4) is 0 Å². The summed E-state index contributed by atoms with van der Waals surface area (Å²) in [5, 5.41) is 12.8. The summed E-state index contributed by atoms with van der Waals surface area (Å²) in [4.78, 5) is 27.3. The van der Waals surface area contributed by atoms with E-state index in [1.807, 2.05) is 29.7 Å². The van der Waals surface area contributed by atoms with E-state index in [-0.39, 0.29) is 17.8 Å². The topological polar surface area (TPSA) is 107 Å². The summed E-state index contributed by atoms with van der Waals surface area (Å²) in [6, 6.07) is 7.41. The SMILES string of the molecule is C[C@H]1CN(C(=O)c2nc3ncccn3n2)Cc2nnc(-c3ccccn3)n21. The molecule has 1 aliphatic rings. The summed E-state index contributed by atoms with van der Waals surface area (Å²) >= 11 is 0. The van der Waals surface area contributed by atoms with Crippen LogP contribution in [0.4, 0.5) is 0 Å². The van der Waals surface area contributed by atoms with Gasteiger partial charge < -0.3 is 9.47 Å². The van der Waals surface area contributed by atoms with Crippen molar-refractivity contribution < 1.29 is 4.79 Å². The molecule has 0 aliphatic carbocycles. The van der Waals surface area contributed by atoms with E-state index >= 15 is 0 Å². The first-order valence-corrected chi connectivity index (χ1v) is 8.52. The van der Waals surface area contributed by atoms with Crippen LogP contribution in [0, 0.1) is 0 Å². The van der Waals surface area contributed by atoms with Crippen molar-refractivity contribution in [2.45, 2.75) is 19.5 Å². The van der Waals surface area contributed by atoms with Gasteiger partial charge in [0.25, 0.3) is 11.7 Å². The predicted octanol–water partition coefficient (Wildman–Crippen LogP) is 0.995. The molecule has 1 aliphatic heterocycles. The van der Waals surface area contributed by atoms with E-state index in [1.165, 1.54) is 4.52 Å². The second-order valence-corrected chi connectivity index (χ2v) is 6.36. The molecule has 1 amide bonds. The van der Waals surface area contributed by atoms with E-state index in [1.54, 1.807) is 29.6 Å². The fourth-order valence-corrected chi connectivity index (χ4v) is 3.32. The fourth-order valence-electron chi connectivity index (χ4n) is 3.32. The Bertz CT molecular complexity index is 1100. The van der Waals surface area contributed by atoms with Crippen molar-refractivity contribution in [3.8, 4) is 11.5 Å². The molecule has 10 nitrogen and oxygen atoms in total. The monoisotopic (exact) mass is 361 g/mol. The number of rotatable bonds is 2. The van der Waals surface area contributed by atoms with Gasteiger partial charge in [-0.15, -0.1) is 15.3 Å². The minimum atomic E-state index is -0.249. The largest absolute Gasteiger partial charge is 0.326 e. The number of fused-ring (bicyclic) bond motifs is 2. The van der Waals surface area contributed by atoms with Crippen LogP contribution in [0.15, 0.2) is 42.9 Å². The molecule has 4 aromatic heterocycles. The summed E-state index contributed by atoms with van der Waals surface area (Å²) in [5.74, 6) is 1.69. The number of carbonyl (C=O) groups is 1. The lowest BCUT2D eigenvalue weighted by Crippen LogP contribution is -2.41. The number of pyridine rings is 1. The smallest absolute Gasteiger partial charge is 0.294 e. The van der Waals surface area contributed by atoms with Gasteiger partial charge in [0.2, 0.25) is 5.82 Å². The van der Waals surface area contributed by atoms with Crippen molar-refractivity contribution in [1.29, 1.82) is 0 Å². The van der Waals surface area contributed by atoms with Gasteiger partial charge in [0.15, 0.2) is 11.6 Å². The number of hydrogen-bond donors (Lipinski definition) is 0. The molecule has 0 fully saturated rings.